The van der Waals surface area contributed by atoms with Gasteiger partial charge in [-0.1, -0.05) is 53.8 Å². The number of hydrogen-bond donors (Lipinski definition) is 1. The van der Waals surface area contributed by atoms with Crippen LogP contribution in [0.3, 0.4) is 0 Å². The summed E-state index contributed by atoms with van der Waals surface area (Å²) in [5, 5.41) is 4.00. The van der Waals surface area contributed by atoms with E-state index >= 15 is 0 Å². The number of thiazole rings is 1. The van der Waals surface area contributed by atoms with Gasteiger partial charge in [0.2, 0.25) is 0 Å². The van der Waals surface area contributed by atoms with E-state index in [2.05, 4.69) is 40.6 Å². The van der Waals surface area contributed by atoms with Crippen molar-refractivity contribution < 1.29 is 9.53 Å². The molecule has 0 aliphatic carbocycles. The summed E-state index contributed by atoms with van der Waals surface area (Å²) in [6.45, 7) is 3.52. The standard InChI is InChI=1S/C24H27N3O2S/c1-17-22(30-24(25-17)26-20-10-6-7-11-21(20)29-2)23(28)27-14-12-19(13-15-27)16-18-8-4-3-5-9-18/h3-11,19H,12-16H2,1-2H3,(H,25,26). The molecule has 1 amide bonds. The third-order valence-electron chi connectivity index (χ3n) is 5.61. The summed E-state index contributed by atoms with van der Waals surface area (Å²) in [5.41, 5.74) is 3.00. The van der Waals surface area contributed by atoms with E-state index in [1.54, 1.807) is 7.11 Å². The fraction of sp³-hybridized carbons (Fsp3) is 0.333. The molecule has 5 nitrogen and oxygen atoms in total. The number of likely N-dealkylation sites (tertiary alicyclic amines) is 1. The zero-order valence-corrected chi connectivity index (χ0v) is 18.2. The first-order valence-corrected chi connectivity index (χ1v) is 11.2. The molecule has 2 aromatic carbocycles. The summed E-state index contributed by atoms with van der Waals surface area (Å²) in [4.78, 5) is 20.4. The number of aromatic nitrogens is 1. The molecule has 1 aliphatic rings. The van der Waals surface area contributed by atoms with Gasteiger partial charge in [0.1, 0.15) is 10.6 Å². The van der Waals surface area contributed by atoms with Gasteiger partial charge in [0.25, 0.3) is 5.91 Å². The van der Waals surface area contributed by atoms with Crippen LogP contribution < -0.4 is 10.1 Å². The lowest BCUT2D eigenvalue weighted by Crippen LogP contribution is -2.38. The third-order valence-corrected chi connectivity index (χ3v) is 6.67. The van der Waals surface area contributed by atoms with Gasteiger partial charge in [-0.15, -0.1) is 0 Å². The van der Waals surface area contributed by atoms with Gasteiger partial charge in [-0.05, 0) is 49.8 Å². The summed E-state index contributed by atoms with van der Waals surface area (Å²) < 4.78 is 5.39. The minimum atomic E-state index is 0.0937. The van der Waals surface area contributed by atoms with Gasteiger partial charge in [-0.2, -0.15) is 0 Å². The number of nitrogens with zero attached hydrogens (tertiary/aromatic N) is 2. The van der Waals surface area contributed by atoms with E-state index in [0.29, 0.717) is 15.9 Å². The number of benzene rings is 2. The maximum absolute atomic E-state index is 13.1. The number of aryl methyl sites for hydroxylation is 1. The molecule has 0 atom stereocenters. The van der Waals surface area contributed by atoms with Crippen molar-refractivity contribution >= 4 is 28.1 Å². The summed E-state index contributed by atoms with van der Waals surface area (Å²) in [6, 6.07) is 18.3. The van der Waals surface area contributed by atoms with Crippen LogP contribution in [0, 0.1) is 12.8 Å². The molecular formula is C24H27N3O2S. The van der Waals surface area contributed by atoms with Crippen molar-refractivity contribution in [1.29, 1.82) is 0 Å². The predicted octanol–water partition coefficient (Wildman–Crippen LogP) is 5.30. The van der Waals surface area contributed by atoms with Crippen molar-refractivity contribution in [2.24, 2.45) is 5.92 Å². The number of carbonyl (C=O) groups is 1. The van der Waals surface area contributed by atoms with Gasteiger partial charge in [-0.25, -0.2) is 4.98 Å². The van der Waals surface area contributed by atoms with Gasteiger partial charge in [-0.3, -0.25) is 4.79 Å². The van der Waals surface area contributed by atoms with Crippen LogP contribution in [0.2, 0.25) is 0 Å². The Kier molecular flexibility index (Phi) is 6.33. The third kappa shape index (κ3) is 4.65. The van der Waals surface area contributed by atoms with E-state index in [1.807, 2.05) is 36.1 Å². The Labute approximate surface area is 181 Å². The number of methoxy groups -OCH3 is 1. The number of hydrogen-bond acceptors (Lipinski definition) is 5. The second-order valence-electron chi connectivity index (χ2n) is 7.68. The molecule has 2 heterocycles. The maximum atomic E-state index is 13.1. The Morgan fingerprint density at radius 1 is 1.13 bits per heavy atom. The quantitative estimate of drug-likeness (QED) is 0.587. The zero-order chi connectivity index (χ0) is 20.9. The van der Waals surface area contributed by atoms with Gasteiger partial charge < -0.3 is 15.0 Å². The van der Waals surface area contributed by atoms with Crippen molar-refractivity contribution in [3.8, 4) is 5.75 Å². The number of ether oxygens (including phenoxy) is 1. The second kappa shape index (κ2) is 9.30. The van der Waals surface area contributed by atoms with Gasteiger partial charge in [0.15, 0.2) is 5.13 Å². The van der Waals surface area contributed by atoms with Gasteiger partial charge >= 0.3 is 0 Å². The minimum Gasteiger partial charge on any atom is -0.495 e. The highest BCUT2D eigenvalue weighted by Gasteiger charge is 2.26. The smallest absolute Gasteiger partial charge is 0.265 e. The molecule has 1 fully saturated rings. The Balaban J connectivity index is 1.38. The first kappa shape index (κ1) is 20.4. The summed E-state index contributed by atoms with van der Waals surface area (Å²) in [5.74, 6) is 1.48. The van der Waals surface area contributed by atoms with Crippen LogP contribution in [0.25, 0.3) is 0 Å². The van der Waals surface area contributed by atoms with Crippen molar-refractivity contribution in [3.05, 3.63) is 70.7 Å². The number of carbonyl (C=O) groups excluding carboxylic acids is 1. The predicted molar refractivity (Wildman–Crippen MR) is 122 cm³/mol. The Morgan fingerprint density at radius 3 is 2.57 bits per heavy atom. The SMILES string of the molecule is COc1ccccc1Nc1nc(C)c(C(=O)N2CCC(Cc3ccccc3)CC2)s1. The van der Waals surface area contributed by atoms with Crippen molar-refractivity contribution in [2.75, 3.05) is 25.5 Å². The Morgan fingerprint density at radius 2 is 1.83 bits per heavy atom. The number of nitrogens with one attached hydrogen (secondary N) is 1. The lowest BCUT2D eigenvalue weighted by atomic mass is 9.90. The largest absolute Gasteiger partial charge is 0.495 e. The average Bonchev–Trinajstić information content (AvgIpc) is 3.15. The number of rotatable bonds is 6. The molecule has 4 rings (SSSR count). The van der Waals surface area contributed by atoms with Crippen LogP contribution in [-0.2, 0) is 6.42 Å². The summed E-state index contributed by atoms with van der Waals surface area (Å²) in [6.07, 6.45) is 3.19. The van der Waals surface area contributed by atoms with Crippen molar-refractivity contribution in [1.82, 2.24) is 9.88 Å². The number of piperidine rings is 1. The highest BCUT2D eigenvalue weighted by molar-refractivity contribution is 7.17. The van der Waals surface area contributed by atoms with Crippen LogP contribution in [0.1, 0.15) is 33.8 Å². The highest BCUT2D eigenvalue weighted by Crippen LogP contribution is 2.32. The molecule has 0 radical (unpaired) electrons. The Bertz CT molecular complexity index is 995. The molecule has 0 bridgehead atoms. The van der Waals surface area contributed by atoms with Crippen molar-refractivity contribution in [2.45, 2.75) is 26.2 Å². The summed E-state index contributed by atoms with van der Waals surface area (Å²) >= 11 is 1.41. The van der Waals surface area contributed by atoms with Crippen LogP contribution in [-0.4, -0.2) is 36.0 Å². The molecule has 1 aromatic heterocycles. The van der Waals surface area contributed by atoms with E-state index in [4.69, 9.17) is 4.74 Å². The lowest BCUT2D eigenvalue weighted by molar-refractivity contribution is 0.0694. The van der Waals surface area contributed by atoms with E-state index in [-0.39, 0.29) is 5.91 Å². The molecule has 0 saturated carbocycles. The molecule has 1 N–H and O–H groups in total. The fourth-order valence-electron chi connectivity index (χ4n) is 3.94. The monoisotopic (exact) mass is 421 g/mol. The first-order valence-electron chi connectivity index (χ1n) is 10.3. The van der Waals surface area contributed by atoms with Gasteiger partial charge in [0, 0.05) is 13.1 Å². The van der Waals surface area contributed by atoms with Gasteiger partial charge in [0.05, 0.1) is 18.5 Å². The fourth-order valence-corrected chi connectivity index (χ4v) is 4.89. The normalized spacial score (nSPS) is 14.5. The number of amides is 1. The molecular weight excluding hydrogens is 394 g/mol. The van der Waals surface area contributed by atoms with Crippen LogP contribution in [0.5, 0.6) is 5.75 Å². The van der Waals surface area contributed by atoms with E-state index in [0.717, 1.165) is 49.5 Å². The molecule has 1 aliphatic heterocycles. The Hall–Kier alpha value is -2.86. The van der Waals surface area contributed by atoms with Crippen molar-refractivity contribution in [3.63, 3.8) is 0 Å². The maximum Gasteiger partial charge on any atom is 0.265 e. The van der Waals surface area contributed by atoms with Crippen LogP contribution in [0.4, 0.5) is 10.8 Å². The first-order chi connectivity index (χ1) is 14.6. The molecule has 0 spiro atoms. The van der Waals surface area contributed by atoms with E-state index in [9.17, 15) is 4.79 Å². The zero-order valence-electron chi connectivity index (χ0n) is 17.4. The van der Waals surface area contributed by atoms with E-state index < -0.39 is 0 Å². The molecule has 3 aromatic rings. The number of para-hydroxylation sites is 2. The summed E-state index contributed by atoms with van der Waals surface area (Å²) in [7, 11) is 1.64. The minimum absolute atomic E-state index is 0.0937. The molecule has 30 heavy (non-hydrogen) atoms. The molecule has 0 unspecified atom stereocenters. The topological polar surface area (TPSA) is 54.5 Å². The van der Waals surface area contributed by atoms with E-state index in [1.165, 1.54) is 16.9 Å². The molecule has 6 heteroatoms. The molecule has 1 saturated heterocycles. The average molecular weight is 422 g/mol. The highest BCUT2D eigenvalue weighted by atomic mass is 32.1. The van der Waals surface area contributed by atoms with Crippen LogP contribution in [0.15, 0.2) is 54.6 Å². The number of anilines is 2. The van der Waals surface area contributed by atoms with Crippen LogP contribution >= 0.6 is 11.3 Å². The second-order valence-corrected chi connectivity index (χ2v) is 8.68. The molecule has 156 valence electrons. The lowest BCUT2D eigenvalue weighted by Gasteiger charge is -2.32.